The van der Waals surface area contributed by atoms with Crippen molar-refractivity contribution in [1.82, 2.24) is 10.2 Å². The largest absolute Gasteiger partial charge is 0.374 e. The minimum atomic E-state index is -0.409. The van der Waals surface area contributed by atoms with Crippen molar-refractivity contribution in [2.24, 2.45) is 0 Å². The third-order valence-corrected chi connectivity index (χ3v) is 4.42. The van der Waals surface area contributed by atoms with E-state index >= 15 is 0 Å². The fourth-order valence-corrected chi connectivity index (χ4v) is 3.14. The lowest BCUT2D eigenvalue weighted by atomic mass is 10.0. The van der Waals surface area contributed by atoms with E-state index in [0.717, 1.165) is 25.1 Å². The van der Waals surface area contributed by atoms with Crippen molar-refractivity contribution in [3.63, 3.8) is 0 Å². The number of carbonyl (C=O) groups excluding carboxylic acids is 2. The van der Waals surface area contributed by atoms with Crippen molar-refractivity contribution in [2.45, 2.75) is 25.3 Å². The Morgan fingerprint density at radius 1 is 1.23 bits per heavy atom. The van der Waals surface area contributed by atoms with Gasteiger partial charge in [0.25, 0.3) is 0 Å². The van der Waals surface area contributed by atoms with Crippen LogP contribution in [0.3, 0.4) is 0 Å². The number of benzene rings is 1. The first kappa shape index (κ1) is 14.7. The van der Waals surface area contributed by atoms with Crippen LogP contribution in [0.4, 0.5) is 16.2 Å². The summed E-state index contributed by atoms with van der Waals surface area (Å²) in [6, 6.07) is 5.24. The topological polar surface area (TPSA) is 64.7 Å². The first-order chi connectivity index (χ1) is 10.5. The van der Waals surface area contributed by atoms with E-state index in [9.17, 15) is 9.59 Å². The number of hydrogen-bond donors (Lipinski definition) is 2. The van der Waals surface area contributed by atoms with Crippen molar-refractivity contribution in [3.8, 4) is 0 Å². The molecule has 118 valence electrons. The molecule has 0 unspecified atom stereocenters. The molecule has 1 saturated heterocycles. The zero-order valence-corrected chi connectivity index (χ0v) is 13.1. The van der Waals surface area contributed by atoms with Crippen LogP contribution >= 0.6 is 0 Å². The number of aryl methyl sites for hydroxylation is 1. The van der Waals surface area contributed by atoms with E-state index < -0.39 is 6.04 Å². The van der Waals surface area contributed by atoms with Gasteiger partial charge in [-0.2, -0.15) is 0 Å². The number of anilines is 2. The predicted molar refractivity (Wildman–Crippen MR) is 86.2 cm³/mol. The number of carbonyl (C=O) groups is 2. The van der Waals surface area contributed by atoms with Gasteiger partial charge in [-0.05, 0) is 43.0 Å². The van der Waals surface area contributed by atoms with Crippen molar-refractivity contribution >= 4 is 23.3 Å². The van der Waals surface area contributed by atoms with Crippen molar-refractivity contribution in [3.05, 3.63) is 23.8 Å². The van der Waals surface area contributed by atoms with E-state index in [1.165, 1.54) is 11.3 Å². The van der Waals surface area contributed by atoms with Gasteiger partial charge in [-0.25, -0.2) is 4.79 Å². The minimum absolute atomic E-state index is 0.0257. The first-order valence-electron chi connectivity index (χ1n) is 7.71. The van der Waals surface area contributed by atoms with Gasteiger partial charge >= 0.3 is 6.03 Å². The molecule has 2 aliphatic heterocycles. The average molecular weight is 302 g/mol. The van der Waals surface area contributed by atoms with Crippen LogP contribution in [0.25, 0.3) is 0 Å². The molecule has 1 fully saturated rings. The Kier molecular flexibility index (Phi) is 3.92. The van der Waals surface area contributed by atoms with Gasteiger partial charge in [0.1, 0.15) is 6.04 Å². The van der Waals surface area contributed by atoms with Crippen LogP contribution in [0.1, 0.15) is 18.4 Å². The predicted octanol–water partition coefficient (Wildman–Crippen LogP) is 1.42. The number of fused-ring (bicyclic) bond motifs is 1. The van der Waals surface area contributed by atoms with Gasteiger partial charge in [0.15, 0.2) is 0 Å². The van der Waals surface area contributed by atoms with Gasteiger partial charge in [0.05, 0.1) is 0 Å². The fourth-order valence-electron chi connectivity index (χ4n) is 3.14. The highest BCUT2D eigenvalue weighted by atomic mass is 16.2. The highest BCUT2D eigenvalue weighted by molar-refractivity contribution is 5.94. The van der Waals surface area contributed by atoms with Crippen molar-refractivity contribution < 1.29 is 9.59 Å². The van der Waals surface area contributed by atoms with Gasteiger partial charge in [0.2, 0.25) is 5.91 Å². The third kappa shape index (κ3) is 2.86. The summed E-state index contributed by atoms with van der Waals surface area (Å²) in [6.07, 6.45) is 2.82. The number of amides is 3. The zero-order valence-electron chi connectivity index (χ0n) is 13.1. The molecule has 6 heteroatoms. The molecule has 3 rings (SSSR count). The molecule has 0 radical (unpaired) electrons. The van der Waals surface area contributed by atoms with Gasteiger partial charge in [-0.3, -0.25) is 4.79 Å². The highest BCUT2D eigenvalue weighted by Gasteiger charge is 2.30. The van der Waals surface area contributed by atoms with Crippen LogP contribution in [0.2, 0.25) is 0 Å². The summed E-state index contributed by atoms with van der Waals surface area (Å²) < 4.78 is 0. The second-order valence-corrected chi connectivity index (χ2v) is 6.07. The molecule has 2 N–H and O–H groups in total. The summed E-state index contributed by atoms with van der Waals surface area (Å²) in [6.45, 7) is 1.76. The summed E-state index contributed by atoms with van der Waals surface area (Å²) in [4.78, 5) is 27.7. The number of rotatable bonds is 2. The maximum Gasteiger partial charge on any atom is 0.319 e. The summed E-state index contributed by atoms with van der Waals surface area (Å²) in [5.74, 6) is -0.0257. The monoisotopic (exact) mass is 302 g/mol. The molecule has 22 heavy (non-hydrogen) atoms. The number of hydrogen-bond acceptors (Lipinski definition) is 3. The van der Waals surface area contributed by atoms with Gasteiger partial charge in [-0.1, -0.05) is 0 Å². The number of urea groups is 1. The lowest BCUT2D eigenvalue weighted by Crippen LogP contribution is -2.42. The average Bonchev–Trinajstić information content (AvgIpc) is 2.79. The molecule has 3 amide bonds. The molecule has 1 atom stereocenters. The number of likely N-dealkylation sites (tertiary alicyclic amines) is 1. The quantitative estimate of drug-likeness (QED) is 0.868. The standard InChI is InChI=1S/C16H22N4O2/c1-19-8-3-4-11-10-12(5-6-14(11)19)17-16(22)18-13-7-9-20(2)15(13)21/h5-6,10,13H,3-4,7-9H2,1-2H3,(H2,17,18,22)/t13-/m1/s1. The Morgan fingerprint density at radius 2 is 2.05 bits per heavy atom. The summed E-state index contributed by atoms with van der Waals surface area (Å²) in [7, 11) is 3.84. The molecule has 6 nitrogen and oxygen atoms in total. The van der Waals surface area contributed by atoms with E-state index in [4.69, 9.17) is 0 Å². The minimum Gasteiger partial charge on any atom is -0.374 e. The smallest absolute Gasteiger partial charge is 0.319 e. The number of nitrogens with one attached hydrogen (secondary N) is 2. The maximum absolute atomic E-state index is 12.0. The first-order valence-corrected chi connectivity index (χ1v) is 7.71. The normalized spacial score (nSPS) is 20.8. The molecule has 0 bridgehead atoms. The lowest BCUT2D eigenvalue weighted by molar-refractivity contribution is -0.128. The van der Waals surface area contributed by atoms with E-state index in [1.807, 2.05) is 18.2 Å². The SMILES string of the molecule is CN1CC[C@@H](NC(=O)Nc2ccc3c(c2)CCCN3C)C1=O. The van der Waals surface area contributed by atoms with E-state index in [2.05, 4.69) is 22.6 Å². The van der Waals surface area contributed by atoms with Crippen LogP contribution in [-0.2, 0) is 11.2 Å². The van der Waals surface area contributed by atoms with Gasteiger partial charge in [-0.15, -0.1) is 0 Å². The van der Waals surface area contributed by atoms with E-state index in [0.29, 0.717) is 13.0 Å². The summed E-state index contributed by atoms with van der Waals surface area (Å²) >= 11 is 0. The molecule has 1 aromatic carbocycles. The van der Waals surface area contributed by atoms with E-state index in [1.54, 1.807) is 11.9 Å². The van der Waals surface area contributed by atoms with Crippen molar-refractivity contribution in [1.29, 1.82) is 0 Å². The summed E-state index contributed by atoms with van der Waals surface area (Å²) in [5, 5.41) is 5.57. The number of likely N-dealkylation sites (N-methyl/N-ethyl adjacent to an activating group) is 1. The van der Waals surface area contributed by atoms with Gasteiger partial charge in [0, 0.05) is 38.6 Å². The second-order valence-electron chi connectivity index (χ2n) is 6.07. The Hall–Kier alpha value is -2.24. The van der Waals surface area contributed by atoms with E-state index in [-0.39, 0.29) is 11.9 Å². The van der Waals surface area contributed by atoms with Crippen LogP contribution in [0, 0.1) is 0 Å². The molecule has 2 heterocycles. The second kappa shape index (κ2) is 5.87. The van der Waals surface area contributed by atoms with Gasteiger partial charge < -0.3 is 20.4 Å². The fraction of sp³-hybridized carbons (Fsp3) is 0.500. The highest BCUT2D eigenvalue weighted by Crippen LogP contribution is 2.28. The van der Waals surface area contributed by atoms with Crippen LogP contribution in [0.15, 0.2) is 18.2 Å². The molecule has 1 aromatic rings. The maximum atomic E-state index is 12.0. The van der Waals surface area contributed by atoms with Crippen LogP contribution in [0.5, 0.6) is 0 Å². The molecule has 0 saturated carbocycles. The number of nitrogens with zero attached hydrogens (tertiary/aromatic N) is 2. The Morgan fingerprint density at radius 3 is 2.77 bits per heavy atom. The Labute approximate surface area is 130 Å². The molecule has 2 aliphatic rings. The molecule has 0 aromatic heterocycles. The molecule has 0 spiro atoms. The van der Waals surface area contributed by atoms with Crippen LogP contribution < -0.4 is 15.5 Å². The third-order valence-electron chi connectivity index (χ3n) is 4.42. The molecule has 0 aliphatic carbocycles. The summed E-state index contributed by atoms with van der Waals surface area (Å²) in [5.41, 5.74) is 3.25. The lowest BCUT2D eigenvalue weighted by Gasteiger charge is -2.27. The zero-order chi connectivity index (χ0) is 15.7. The Bertz CT molecular complexity index is 602. The van der Waals surface area contributed by atoms with Crippen molar-refractivity contribution in [2.75, 3.05) is 37.4 Å². The molecular formula is C16H22N4O2. The molecular weight excluding hydrogens is 280 g/mol. The van der Waals surface area contributed by atoms with Crippen LogP contribution in [-0.4, -0.2) is 50.1 Å². The Balaban J connectivity index is 1.63.